The van der Waals surface area contributed by atoms with Crippen molar-refractivity contribution in [3.8, 4) is 5.75 Å². The minimum absolute atomic E-state index is 0.0150. The Hall–Kier alpha value is -2.11. The maximum absolute atomic E-state index is 10.8. The number of phenols is 1. The van der Waals surface area contributed by atoms with Gasteiger partial charge < -0.3 is 10.4 Å². The van der Waals surface area contributed by atoms with E-state index in [0.29, 0.717) is 17.1 Å². The highest BCUT2D eigenvalue weighted by Gasteiger charge is 2.11. The monoisotopic (exact) mass is 306 g/mol. The zero-order valence-corrected chi connectivity index (χ0v) is 12.2. The van der Waals surface area contributed by atoms with E-state index in [1.165, 1.54) is 18.2 Å². The summed E-state index contributed by atoms with van der Waals surface area (Å²) in [5, 5.41) is 24.0. The van der Waals surface area contributed by atoms with Gasteiger partial charge in [0.1, 0.15) is 5.75 Å². The molecule has 2 N–H and O–H groups in total. The molecule has 2 aromatic carbocycles. The van der Waals surface area contributed by atoms with Gasteiger partial charge in [-0.25, -0.2) is 0 Å². The summed E-state index contributed by atoms with van der Waals surface area (Å²) in [6.07, 6.45) is 0. The summed E-state index contributed by atoms with van der Waals surface area (Å²) in [5.41, 5.74) is 1.61. The number of aromatic hydroxyl groups is 1. The number of rotatable bonds is 5. The van der Waals surface area contributed by atoms with E-state index in [4.69, 9.17) is 11.6 Å². The highest BCUT2D eigenvalue weighted by molar-refractivity contribution is 6.31. The average Bonchev–Trinajstić information content (AvgIpc) is 2.45. The molecule has 0 radical (unpaired) electrons. The number of phenolic OH excluding ortho intramolecular Hbond substituents is 1. The van der Waals surface area contributed by atoms with Crippen LogP contribution in [0.25, 0.3) is 0 Å². The molecule has 0 spiro atoms. The molecule has 1 atom stereocenters. The molecule has 0 aliphatic rings. The fourth-order valence-corrected chi connectivity index (χ4v) is 2.17. The number of halogens is 1. The number of hydrogen-bond donors (Lipinski definition) is 2. The van der Waals surface area contributed by atoms with Crippen LogP contribution in [0.4, 0.5) is 5.69 Å². The lowest BCUT2D eigenvalue weighted by atomic mass is 10.1. The molecule has 2 rings (SSSR count). The molecule has 0 fully saturated rings. The predicted octanol–water partition coefficient (Wildman–Crippen LogP) is 3.80. The van der Waals surface area contributed by atoms with E-state index in [9.17, 15) is 15.2 Å². The van der Waals surface area contributed by atoms with Crippen molar-refractivity contribution in [1.29, 1.82) is 0 Å². The first kappa shape index (κ1) is 15.3. The summed E-state index contributed by atoms with van der Waals surface area (Å²) in [6.45, 7) is 2.34. The quantitative estimate of drug-likeness (QED) is 0.650. The van der Waals surface area contributed by atoms with Crippen LogP contribution >= 0.6 is 11.6 Å². The van der Waals surface area contributed by atoms with Crippen molar-refractivity contribution >= 4 is 17.3 Å². The smallest absolute Gasteiger partial charge is 0.269 e. The molecule has 0 amide bonds. The van der Waals surface area contributed by atoms with E-state index >= 15 is 0 Å². The number of nitrogens with zero attached hydrogens (tertiary/aromatic N) is 1. The normalized spacial score (nSPS) is 12.1. The van der Waals surface area contributed by atoms with Crippen molar-refractivity contribution in [3.05, 3.63) is 68.7 Å². The number of nitro groups is 1. The van der Waals surface area contributed by atoms with Gasteiger partial charge in [-0.2, -0.15) is 0 Å². The van der Waals surface area contributed by atoms with Crippen LogP contribution in [0.15, 0.2) is 42.5 Å². The summed E-state index contributed by atoms with van der Waals surface area (Å²) in [7, 11) is 0. The summed E-state index contributed by atoms with van der Waals surface area (Å²) < 4.78 is 0. The third-order valence-corrected chi connectivity index (χ3v) is 3.58. The van der Waals surface area contributed by atoms with Crippen LogP contribution in [0.3, 0.4) is 0 Å². The van der Waals surface area contributed by atoms with Crippen LogP contribution in [0, 0.1) is 10.1 Å². The first-order valence-corrected chi connectivity index (χ1v) is 6.80. The van der Waals surface area contributed by atoms with Crippen LogP contribution in [0.1, 0.15) is 24.1 Å². The van der Waals surface area contributed by atoms with E-state index in [0.717, 1.165) is 5.56 Å². The Morgan fingerprint density at radius 1 is 1.33 bits per heavy atom. The number of nitro benzene ring substituents is 1. The molecule has 0 aliphatic heterocycles. The van der Waals surface area contributed by atoms with Gasteiger partial charge >= 0.3 is 0 Å². The average molecular weight is 307 g/mol. The summed E-state index contributed by atoms with van der Waals surface area (Å²) >= 11 is 6.05. The third kappa shape index (κ3) is 3.93. The van der Waals surface area contributed by atoms with Crippen molar-refractivity contribution in [2.24, 2.45) is 0 Å². The molecule has 0 heterocycles. The summed E-state index contributed by atoms with van der Waals surface area (Å²) in [5.74, 6) is 0.203. The first-order chi connectivity index (χ1) is 9.97. The number of benzene rings is 2. The molecular weight excluding hydrogens is 292 g/mol. The zero-order valence-electron chi connectivity index (χ0n) is 11.4. The van der Waals surface area contributed by atoms with Crippen LogP contribution in [-0.4, -0.2) is 10.0 Å². The van der Waals surface area contributed by atoms with Crippen molar-refractivity contribution in [2.45, 2.75) is 19.5 Å². The fourth-order valence-electron chi connectivity index (χ4n) is 1.99. The van der Waals surface area contributed by atoms with E-state index in [1.807, 2.05) is 13.0 Å². The molecular formula is C15H15ClN2O3. The van der Waals surface area contributed by atoms with Gasteiger partial charge in [0.25, 0.3) is 5.69 Å². The van der Waals surface area contributed by atoms with Crippen molar-refractivity contribution in [1.82, 2.24) is 5.32 Å². The standard InChI is InChI=1S/C15H15ClN2O3/c1-10(11-3-2-4-14(19)8-11)17-9-12-7-13(18(20)21)5-6-15(12)16/h2-8,10,17,19H,9H2,1H3. The van der Waals surface area contributed by atoms with E-state index in [1.54, 1.807) is 18.2 Å². The molecule has 0 saturated carbocycles. The first-order valence-electron chi connectivity index (χ1n) is 6.42. The van der Waals surface area contributed by atoms with E-state index < -0.39 is 4.92 Å². The minimum Gasteiger partial charge on any atom is -0.508 e. The van der Waals surface area contributed by atoms with Crippen LogP contribution in [0.2, 0.25) is 5.02 Å². The Kier molecular flexibility index (Phi) is 4.77. The second-order valence-corrected chi connectivity index (χ2v) is 5.14. The lowest BCUT2D eigenvalue weighted by Crippen LogP contribution is -2.18. The third-order valence-electron chi connectivity index (χ3n) is 3.21. The molecule has 21 heavy (non-hydrogen) atoms. The molecule has 0 aliphatic carbocycles. The van der Waals surface area contributed by atoms with Crippen LogP contribution < -0.4 is 5.32 Å². The Morgan fingerprint density at radius 3 is 2.76 bits per heavy atom. The fraction of sp³-hybridized carbons (Fsp3) is 0.200. The maximum atomic E-state index is 10.8. The van der Waals surface area contributed by atoms with Gasteiger partial charge in [0.05, 0.1) is 4.92 Å². The predicted molar refractivity (Wildman–Crippen MR) is 81.5 cm³/mol. The Labute approximate surface area is 127 Å². The molecule has 6 heteroatoms. The van der Waals surface area contributed by atoms with Gasteiger partial charge in [0, 0.05) is 29.7 Å². The second-order valence-electron chi connectivity index (χ2n) is 4.73. The molecule has 1 unspecified atom stereocenters. The van der Waals surface area contributed by atoms with Crippen molar-refractivity contribution < 1.29 is 10.0 Å². The van der Waals surface area contributed by atoms with Gasteiger partial charge in [-0.05, 0) is 36.2 Å². The lowest BCUT2D eigenvalue weighted by Gasteiger charge is -2.15. The molecule has 110 valence electrons. The van der Waals surface area contributed by atoms with Gasteiger partial charge in [-0.1, -0.05) is 23.7 Å². The van der Waals surface area contributed by atoms with Gasteiger partial charge in [-0.15, -0.1) is 0 Å². The van der Waals surface area contributed by atoms with Gasteiger partial charge in [-0.3, -0.25) is 10.1 Å². The highest BCUT2D eigenvalue weighted by Crippen LogP contribution is 2.23. The lowest BCUT2D eigenvalue weighted by molar-refractivity contribution is -0.384. The topological polar surface area (TPSA) is 75.4 Å². The Bertz CT molecular complexity index is 661. The Balaban J connectivity index is 2.09. The minimum atomic E-state index is -0.446. The molecule has 2 aromatic rings. The molecule has 5 nitrogen and oxygen atoms in total. The van der Waals surface area contributed by atoms with Crippen molar-refractivity contribution in [2.75, 3.05) is 0 Å². The zero-order chi connectivity index (χ0) is 15.4. The van der Waals surface area contributed by atoms with Crippen LogP contribution in [0.5, 0.6) is 5.75 Å². The largest absolute Gasteiger partial charge is 0.508 e. The SMILES string of the molecule is CC(NCc1cc([N+](=O)[O-])ccc1Cl)c1cccc(O)c1. The van der Waals surface area contributed by atoms with Crippen molar-refractivity contribution in [3.63, 3.8) is 0 Å². The molecule has 0 bridgehead atoms. The van der Waals surface area contributed by atoms with E-state index in [2.05, 4.69) is 5.32 Å². The number of nitrogens with one attached hydrogen (secondary N) is 1. The second kappa shape index (κ2) is 6.56. The number of hydrogen-bond acceptors (Lipinski definition) is 4. The van der Waals surface area contributed by atoms with Gasteiger partial charge in [0.2, 0.25) is 0 Å². The number of non-ortho nitro benzene ring substituents is 1. The molecule has 0 saturated heterocycles. The maximum Gasteiger partial charge on any atom is 0.269 e. The van der Waals surface area contributed by atoms with Crippen LogP contribution in [-0.2, 0) is 6.54 Å². The molecule has 0 aromatic heterocycles. The highest BCUT2D eigenvalue weighted by atomic mass is 35.5. The Morgan fingerprint density at radius 2 is 2.10 bits per heavy atom. The van der Waals surface area contributed by atoms with Gasteiger partial charge in [0.15, 0.2) is 0 Å². The van der Waals surface area contributed by atoms with E-state index in [-0.39, 0.29) is 17.5 Å². The summed E-state index contributed by atoms with van der Waals surface area (Å²) in [6, 6.07) is 11.3. The summed E-state index contributed by atoms with van der Waals surface area (Å²) in [4.78, 5) is 10.3.